The molecule has 0 radical (unpaired) electrons. The Labute approximate surface area is 115 Å². The number of anilines is 1. The molecule has 3 unspecified atom stereocenters. The Morgan fingerprint density at radius 2 is 2.21 bits per heavy atom. The third kappa shape index (κ3) is 2.62. The van der Waals surface area contributed by atoms with Gasteiger partial charge in [-0.3, -0.25) is 4.98 Å². The zero-order chi connectivity index (χ0) is 13.4. The highest BCUT2D eigenvalue weighted by molar-refractivity contribution is 5.43. The number of aliphatic hydroxyl groups is 1. The zero-order valence-corrected chi connectivity index (χ0v) is 11.9. The second-order valence-corrected chi connectivity index (χ2v) is 6.43. The number of rotatable bonds is 4. The van der Waals surface area contributed by atoms with Crippen LogP contribution in [0.5, 0.6) is 0 Å². The average Bonchev–Trinajstić information content (AvgIpc) is 3.01. The van der Waals surface area contributed by atoms with Crippen LogP contribution >= 0.6 is 0 Å². The van der Waals surface area contributed by atoms with Crippen molar-refractivity contribution < 1.29 is 5.11 Å². The summed E-state index contributed by atoms with van der Waals surface area (Å²) in [5.41, 5.74) is 1.91. The Balaban J connectivity index is 1.62. The fourth-order valence-electron chi connectivity index (χ4n) is 3.93. The minimum Gasteiger partial charge on any atom is -0.387 e. The van der Waals surface area contributed by atoms with E-state index in [4.69, 9.17) is 0 Å². The van der Waals surface area contributed by atoms with Gasteiger partial charge in [0, 0.05) is 13.6 Å². The molecule has 3 nitrogen and oxygen atoms in total. The highest BCUT2D eigenvalue weighted by Crippen LogP contribution is 2.48. The highest BCUT2D eigenvalue weighted by atomic mass is 16.3. The minimum atomic E-state index is -0.482. The van der Waals surface area contributed by atoms with Crippen molar-refractivity contribution in [2.75, 3.05) is 18.5 Å². The average molecular weight is 260 g/mol. The van der Waals surface area contributed by atoms with Crippen molar-refractivity contribution in [1.29, 1.82) is 0 Å². The molecule has 4 atom stereocenters. The molecule has 0 amide bonds. The zero-order valence-electron chi connectivity index (χ0n) is 11.9. The summed E-state index contributed by atoms with van der Waals surface area (Å²) in [7, 11) is 2.16. The van der Waals surface area contributed by atoms with Crippen molar-refractivity contribution in [1.82, 2.24) is 4.98 Å². The van der Waals surface area contributed by atoms with Gasteiger partial charge in [-0.2, -0.15) is 0 Å². The molecule has 3 heteroatoms. The maximum atomic E-state index is 9.48. The third-order valence-electron chi connectivity index (χ3n) is 5.03. The first-order chi connectivity index (χ1) is 9.13. The molecule has 0 aliphatic heterocycles. The third-order valence-corrected chi connectivity index (χ3v) is 5.03. The molecule has 2 saturated carbocycles. The normalized spacial score (nSPS) is 30.6. The van der Waals surface area contributed by atoms with E-state index < -0.39 is 6.10 Å². The van der Waals surface area contributed by atoms with Gasteiger partial charge in [-0.05, 0) is 56.1 Å². The first kappa shape index (κ1) is 12.9. The SMILES string of the molecule is C[C@@H](O)c1ccc(N(C)CC2CC3CCC2C3)cn1. The number of hydrogen-bond donors (Lipinski definition) is 1. The second-order valence-electron chi connectivity index (χ2n) is 6.43. The molecule has 104 valence electrons. The monoisotopic (exact) mass is 260 g/mol. The van der Waals surface area contributed by atoms with E-state index in [-0.39, 0.29) is 0 Å². The molecule has 0 spiro atoms. The summed E-state index contributed by atoms with van der Waals surface area (Å²) in [6, 6.07) is 4.00. The Kier molecular flexibility index (Phi) is 3.48. The molecule has 19 heavy (non-hydrogen) atoms. The molecule has 0 aromatic carbocycles. The summed E-state index contributed by atoms with van der Waals surface area (Å²) in [6.07, 6.45) is 7.21. The smallest absolute Gasteiger partial charge is 0.0931 e. The first-order valence-corrected chi connectivity index (χ1v) is 7.48. The molecule has 2 bridgehead atoms. The summed E-state index contributed by atoms with van der Waals surface area (Å²) in [5, 5.41) is 9.48. The van der Waals surface area contributed by atoms with Gasteiger partial charge < -0.3 is 10.0 Å². The summed E-state index contributed by atoms with van der Waals surface area (Å²) in [6.45, 7) is 2.90. The van der Waals surface area contributed by atoms with Gasteiger partial charge in [0.05, 0.1) is 23.7 Å². The molecule has 3 rings (SSSR count). The first-order valence-electron chi connectivity index (χ1n) is 7.48. The lowest BCUT2D eigenvalue weighted by atomic mass is 9.88. The molecular weight excluding hydrogens is 236 g/mol. The van der Waals surface area contributed by atoms with Gasteiger partial charge in [0.25, 0.3) is 0 Å². The van der Waals surface area contributed by atoms with Crippen LogP contribution in [0, 0.1) is 17.8 Å². The lowest BCUT2D eigenvalue weighted by Gasteiger charge is -2.28. The largest absolute Gasteiger partial charge is 0.387 e. The fraction of sp³-hybridized carbons (Fsp3) is 0.688. The predicted octanol–water partition coefficient (Wildman–Crippen LogP) is 3.01. The summed E-state index contributed by atoms with van der Waals surface area (Å²) >= 11 is 0. The van der Waals surface area contributed by atoms with E-state index in [0.29, 0.717) is 0 Å². The van der Waals surface area contributed by atoms with E-state index in [9.17, 15) is 5.11 Å². The van der Waals surface area contributed by atoms with Crippen molar-refractivity contribution in [2.24, 2.45) is 17.8 Å². The number of pyridine rings is 1. The summed E-state index contributed by atoms with van der Waals surface area (Å²) in [4.78, 5) is 6.65. The number of nitrogens with zero attached hydrogens (tertiary/aromatic N) is 2. The lowest BCUT2D eigenvalue weighted by Crippen LogP contribution is -2.28. The van der Waals surface area contributed by atoms with Crippen LogP contribution in [-0.4, -0.2) is 23.7 Å². The molecule has 2 fully saturated rings. The minimum absolute atomic E-state index is 0.482. The van der Waals surface area contributed by atoms with Crippen LogP contribution in [0.1, 0.15) is 44.4 Å². The van der Waals surface area contributed by atoms with Crippen LogP contribution in [0.4, 0.5) is 5.69 Å². The van der Waals surface area contributed by atoms with Crippen LogP contribution < -0.4 is 4.90 Å². The lowest BCUT2D eigenvalue weighted by molar-refractivity contribution is 0.194. The van der Waals surface area contributed by atoms with Crippen molar-refractivity contribution in [3.05, 3.63) is 24.0 Å². The van der Waals surface area contributed by atoms with Gasteiger partial charge >= 0.3 is 0 Å². The Morgan fingerprint density at radius 3 is 2.74 bits per heavy atom. The maximum absolute atomic E-state index is 9.48. The van der Waals surface area contributed by atoms with Crippen LogP contribution in [0.2, 0.25) is 0 Å². The van der Waals surface area contributed by atoms with Gasteiger partial charge in [-0.1, -0.05) is 6.42 Å². The van der Waals surface area contributed by atoms with Crippen LogP contribution in [0.25, 0.3) is 0 Å². The van der Waals surface area contributed by atoms with Crippen molar-refractivity contribution in [3.8, 4) is 0 Å². The number of aliphatic hydroxyl groups excluding tert-OH is 1. The Bertz CT molecular complexity index is 429. The summed E-state index contributed by atoms with van der Waals surface area (Å²) < 4.78 is 0. The van der Waals surface area contributed by atoms with Crippen molar-refractivity contribution in [3.63, 3.8) is 0 Å². The van der Waals surface area contributed by atoms with Crippen LogP contribution in [0.15, 0.2) is 18.3 Å². The molecular formula is C16H24N2O. The van der Waals surface area contributed by atoms with Gasteiger partial charge in [0.15, 0.2) is 0 Å². The Hall–Kier alpha value is -1.09. The fourth-order valence-corrected chi connectivity index (χ4v) is 3.93. The molecule has 0 saturated heterocycles. The second kappa shape index (κ2) is 5.12. The van der Waals surface area contributed by atoms with Gasteiger partial charge in [0.2, 0.25) is 0 Å². The number of fused-ring (bicyclic) bond motifs is 2. The summed E-state index contributed by atoms with van der Waals surface area (Å²) in [5.74, 6) is 2.86. The molecule has 2 aliphatic rings. The van der Waals surface area contributed by atoms with Crippen molar-refractivity contribution >= 4 is 5.69 Å². The quantitative estimate of drug-likeness (QED) is 0.904. The molecule has 1 aromatic heterocycles. The van der Waals surface area contributed by atoms with E-state index >= 15 is 0 Å². The van der Waals surface area contributed by atoms with E-state index in [1.807, 2.05) is 12.3 Å². The van der Waals surface area contributed by atoms with E-state index in [2.05, 4.69) is 23.0 Å². The topological polar surface area (TPSA) is 36.4 Å². The number of aromatic nitrogens is 1. The van der Waals surface area contributed by atoms with E-state index in [1.54, 1.807) is 6.92 Å². The van der Waals surface area contributed by atoms with E-state index in [0.717, 1.165) is 35.7 Å². The predicted molar refractivity (Wildman–Crippen MR) is 77.1 cm³/mol. The van der Waals surface area contributed by atoms with Gasteiger partial charge in [0.1, 0.15) is 0 Å². The highest BCUT2D eigenvalue weighted by Gasteiger charge is 2.39. The number of hydrogen-bond acceptors (Lipinski definition) is 3. The Morgan fingerprint density at radius 1 is 1.37 bits per heavy atom. The molecule has 1 heterocycles. The molecule has 2 aliphatic carbocycles. The molecule has 1 aromatic rings. The maximum Gasteiger partial charge on any atom is 0.0931 e. The van der Waals surface area contributed by atoms with Crippen LogP contribution in [0.3, 0.4) is 0 Å². The van der Waals surface area contributed by atoms with Gasteiger partial charge in [-0.15, -0.1) is 0 Å². The molecule has 1 N–H and O–H groups in total. The van der Waals surface area contributed by atoms with Gasteiger partial charge in [-0.25, -0.2) is 0 Å². The van der Waals surface area contributed by atoms with Crippen molar-refractivity contribution in [2.45, 2.75) is 38.7 Å². The van der Waals surface area contributed by atoms with Crippen LogP contribution in [-0.2, 0) is 0 Å². The standard InChI is InChI=1S/C16H24N2O/c1-11(19)16-6-5-15(9-17-16)18(2)10-14-8-12-3-4-13(14)7-12/h5-6,9,11-14,19H,3-4,7-8,10H2,1-2H3/t11-,12?,13?,14?/m1/s1. The van der Waals surface area contributed by atoms with E-state index in [1.165, 1.54) is 25.7 Å².